The summed E-state index contributed by atoms with van der Waals surface area (Å²) in [6.07, 6.45) is 1.92. The molecule has 1 heterocycles. The number of alkyl carbamates (subject to hydrolysis) is 1. The highest BCUT2D eigenvalue weighted by Gasteiger charge is 2.35. The zero-order chi connectivity index (χ0) is 23.4. The standard InChI is InChI=1S/C26H30N2O5/c1-2-8-23(25(31)28-14-7-9-17(28)15-24(29)30)27-26(32)33-16-22-20-12-5-3-10-18(20)19-11-4-6-13-21(19)22/h3-6,10-13,17,22-23H,2,7-9,14-16H2,1H3,(H,27,32)(H,29,30)/t17-,23-/m0/s1. The largest absolute Gasteiger partial charge is 0.481 e. The predicted octanol–water partition coefficient (Wildman–Crippen LogP) is 4.16. The second kappa shape index (κ2) is 10.1. The van der Waals surface area contributed by atoms with Crippen molar-refractivity contribution in [2.24, 2.45) is 0 Å². The molecule has 33 heavy (non-hydrogen) atoms. The van der Waals surface area contributed by atoms with E-state index >= 15 is 0 Å². The Bertz CT molecular complexity index is 991. The summed E-state index contributed by atoms with van der Waals surface area (Å²) in [5, 5.41) is 11.9. The minimum absolute atomic E-state index is 0.0537. The number of hydrogen-bond donors (Lipinski definition) is 2. The van der Waals surface area contributed by atoms with Crippen LogP contribution in [0.15, 0.2) is 48.5 Å². The molecular weight excluding hydrogens is 420 g/mol. The van der Waals surface area contributed by atoms with Crippen molar-refractivity contribution >= 4 is 18.0 Å². The number of carbonyl (C=O) groups excluding carboxylic acids is 2. The van der Waals surface area contributed by atoms with Crippen molar-refractivity contribution in [3.63, 3.8) is 0 Å². The van der Waals surface area contributed by atoms with Crippen molar-refractivity contribution in [3.8, 4) is 11.1 Å². The minimum atomic E-state index is -0.920. The van der Waals surface area contributed by atoms with Crippen molar-refractivity contribution in [1.29, 1.82) is 0 Å². The average molecular weight is 451 g/mol. The second-order valence-corrected chi connectivity index (χ2v) is 8.74. The van der Waals surface area contributed by atoms with Crippen LogP contribution in [0.5, 0.6) is 0 Å². The number of likely N-dealkylation sites (tertiary alicyclic amines) is 1. The van der Waals surface area contributed by atoms with Crippen LogP contribution in [0.2, 0.25) is 0 Å². The zero-order valence-corrected chi connectivity index (χ0v) is 18.8. The monoisotopic (exact) mass is 450 g/mol. The first-order valence-electron chi connectivity index (χ1n) is 11.6. The second-order valence-electron chi connectivity index (χ2n) is 8.74. The normalized spacial score (nSPS) is 17.8. The fraction of sp³-hybridized carbons (Fsp3) is 0.423. The first kappa shape index (κ1) is 22.8. The quantitative estimate of drug-likeness (QED) is 0.630. The van der Waals surface area contributed by atoms with E-state index in [1.165, 1.54) is 0 Å². The number of carboxylic acid groups (broad SMARTS) is 1. The molecule has 1 saturated heterocycles. The molecule has 1 fully saturated rings. The van der Waals surface area contributed by atoms with Gasteiger partial charge in [0.05, 0.1) is 6.42 Å². The molecule has 7 heteroatoms. The summed E-state index contributed by atoms with van der Waals surface area (Å²) >= 11 is 0. The fourth-order valence-electron chi connectivity index (χ4n) is 5.07. The Morgan fingerprint density at radius 1 is 1.09 bits per heavy atom. The SMILES string of the molecule is CCC[C@H](NC(=O)OCC1c2ccccc2-c2ccccc21)C(=O)N1CCC[C@H]1CC(=O)O. The molecule has 2 aliphatic rings. The van der Waals surface area contributed by atoms with E-state index in [1.807, 2.05) is 31.2 Å². The van der Waals surface area contributed by atoms with Gasteiger partial charge in [0, 0.05) is 18.5 Å². The van der Waals surface area contributed by atoms with Crippen LogP contribution in [-0.2, 0) is 14.3 Å². The number of aliphatic carboxylic acids is 1. The molecular formula is C26H30N2O5. The lowest BCUT2D eigenvalue weighted by molar-refractivity contribution is -0.140. The molecule has 2 aromatic carbocycles. The van der Waals surface area contributed by atoms with Crippen LogP contribution >= 0.6 is 0 Å². The molecule has 1 aliphatic carbocycles. The highest BCUT2D eigenvalue weighted by Crippen LogP contribution is 2.44. The Labute approximate surface area is 193 Å². The van der Waals surface area contributed by atoms with E-state index in [9.17, 15) is 14.4 Å². The lowest BCUT2D eigenvalue weighted by Gasteiger charge is -2.28. The van der Waals surface area contributed by atoms with Gasteiger partial charge in [-0.2, -0.15) is 0 Å². The molecule has 0 aromatic heterocycles. The third kappa shape index (κ3) is 4.87. The minimum Gasteiger partial charge on any atom is -0.481 e. The smallest absolute Gasteiger partial charge is 0.407 e. The summed E-state index contributed by atoms with van der Waals surface area (Å²) < 4.78 is 5.61. The number of carboxylic acids is 1. The van der Waals surface area contributed by atoms with E-state index in [2.05, 4.69) is 29.6 Å². The number of fused-ring (bicyclic) bond motifs is 3. The number of carbonyl (C=O) groups is 3. The van der Waals surface area contributed by atoms with Gasteiger partial charge in [0.2, 0.25) is 5.91 Å². The van der Waals surface area contributed by atoms with Gasteiger partial charge in [-0.3, -0.25) is 9.59 Å². The number of nitrogens with one attached hydrogen (secondary N) is 1. The molecule has 174 valence electrons. The van der Waals surface area contributed by atoms with Crippen molar-refractivity contribution in [2.45, 2.75) is 57.0 Å². The average Bonchev–Trinajstić information content (AvgIpc) is 3.39. The Hall–Kier alpha value is -3.35. The molecule has 0 spiro atoms. The Kier molecular flexibility index (Phi) is 6.96. The number of benzene rings is 2. The maximum atomic E-state index is 13.1. The molecule has 0 bridgehead atoms. The summed E-state index contributed by atoms with van der Waals surface area (Å²) in [6, 6.07) is 15.2. The van der Waals surface area contributed by atoms with Gasteiger partial charge in [0.25, 0.3) is 0 Å². The van der Waals surface area contributed by atoms with Crippen LogP contribution < -0.4 is 5.32 Å². The molecule has 1 aliphatic heterocycles. The summed E-state index contributed by atoms with van der Waals surface area (Å²) in [5.74, 6) is -1.20. The Morgan fingerprint density at radius 2 is 1.73 bits per heavy atom. The number of nitrogens with zero attached hydrogens (tertiary/aromatic N) is 1. The molecule has 4 rings (SSSR count). The van der Waals surface area contributed by atoms with E-state index in [1.54, 1.807) is 4.90 Å². The van der Waals surface area contributed by atoms with Crippen molar-refractivity contribution < 1.29 is 24.2 Å². The van der Waals surface area contributed by atoms with Gasteiger partial charge >= 0.3 is 12.1 Å². The molecule has 2 aromatic rings. The number of rotatable bonds is 8. The maximum Gasteiger partial charge on any atom is 0.407 e. The highest BCUT2D eigenvalue weighted by atomic mass is 16.5. The van der Waals surface area contributed by atoms with Gasteiger partial charge in [-0.05, 0) is 41.5 Å². The van der Waals surface area contributed by atoms with Crippen LogP contribution in [-0.4, -0.2) is 53.2 Å². The number of amides is 2. The first-order chi connectivity index (χ1) is 16.0. The van der Waals surface area contributed by atoms with E-state index in [0.717, 1.165) is 28.7 Å². The molecule has 0 radical (unpaired) electrons. The van der Waals surface area contributed by atoms with Crippen molar-refractivity contribution in [1.82, 2.24) is 10.2 Å². The molecule has 0 saturated carbocycles. The molecule has 2 atom stereocenters. The topological polar surface area (TPSA) is 95.9 Å². The van der Waals surface area contributed by atoms with Crippen LogP contribution in [0, 0.1) is 0 Å². The molecule has 0 unspecified atom stereocenters. The predicted molar refractivity (Wildman–Crippen MR) is 124 cm³/mol. The van der Waals surface area contributed by atoms with Crippen molar-refractivity contribution in [3.05, 3.63) is 59.7 Å². The lowest BCUT2D eigenvalue weighted by atomic mass is 9.98. The number of hydrogen-bond acceptors (Lipinski definition) is 4. The Balaban J connectivity index is 1.41. The summed E-state index contributed by atoms with van der Waals surface area (Å²) in [5.41, 5.74) is 4.56. The van der Waals surface area contributed by atoms with E-state index in [4.69, 9.17) is 9.84 Å². The molecule has 2 N–H and O–H groups in total. The zero-order valence-electron chi connectivity index (χ0n) is 18.8. The van der Waals surface area contributed by atoms with Gasteiger partial charge in [-0.25, -0.2) is 4.79 Å². The summed E-state index contributed by atoms with van der Waals surface area (Å²) in [6.45, 7) is 2.64. The first-order valence-corrected chi connectivity index (χ1v) is 11.6. The highest BCUT2D eigenvalue weighted by molar-refractivity contribution is 5.86. The van der Waals surface area contributed by atoms with Gasteiger partial charge in [-0.1, -0.05) is 61.9 Å². The van der Waals surface area contributed by atoms with E-state index in [-0.39, 0.29) is 30.9 Å². The van der Waals surface area contributed by atoms with Crippen LogP contribution in [0.25, 0.3) is 11.1 Å². The van der Waals surface area contributed by atoms with Crippen molar-refractivity contribution in [2.75, 3.05) is 13.2 Å². The van der Waals surface area contributed by atoms with Gasteiger partial charge in [0.1, 0.15) is 12.6 Å². The van der Waals surface area contributed by atoms with E-state index in [0.29, 0.717) is 25.8 Å². The lowest BCUT2D eigenvalue weighted by Crippen LogP contribution is -2.50. The summed E-state index contributed by atoms with van der Waals surface area (Å²) in [7, 11) is 0. The molecule has 7 nitrogen and oxygen atoms in total. The summed E-state index contributed by atoms with van der Waals surface area (Å²) in [4.78, 5) is 38.6. The molecule has 2 amide bonds. The third-order valence-electron chi connectivity index (χ3n) is 6.58. The Morgan fingerprint density at radius 3 is 2.33 bits per heavy atom. The van der Waals surface area contributed by atoms with Crippen LogP contribution in [0.3, 0.4) is 0 Å². The van der Waals surface area contributed by atoms with Crippen LogP contribution in [0.4, 0.5) is 4.79 Å². The number of ether oxygens (including phenoxy) is 1. The van der Waals surface area contributed by atoms with Gasteiger partial charge in [-0.15, -0.1) is 0 Å². The van der Waals surface area contributed by atoms with Gasteiger partial charge < -0.3 is 20.1 Å². The fourth-order valence-corrected chi connectivity index (χ4v) is 5.07. The third-order valence-corrected chi connectivity index (χ3v) is 6.58. The van der Waals surface area contributed by atoms with E-state index < -0.39 is 18.1 Å². The van der Waals surface area contributed by atoms with Crippen LogP contribution in [0.1, 0.15) is 56.1 Å². The maximum absolute atomic E-state index is 13.1. The van der Waals surface area contributed by atoms with Gasteiger partial charge in [0.15, 0.2) is 0 Å².